The zero-order valence-electron chi connectivity index (χ0n) is 36.5. The number of rotatable bonds is 10. The van der Waals surface area contributed by atoms with Gasteiger partial charge in [-0.2, -0.15) is 0 Å². The van der Waals surface area contributed by atoms with Crippen molar-refractivity contribution in [3.63, 3.8) is 0 Å². The molecule has 0 spiro atoms. The third-order valence-electron chi connectivity index (χ3n) is 10.5. The molecule has 8 aliphatic carbocycles. The van der Waals surface area contributed by atoms with Gasteiger partial charge in [0.1, 0.15) is 0 Å². The van der Waals surface area contributed by atoms with E-state index >= 15 is 0 Å². The maximum absolute atomic E-state index is 10.7. The van der Waals surface area contributed by atoms with Crippen molar-refractivity contribution in [3.8, 4) is 44.5 Å². The van der Waals surface area contributed by atoms with Gasteiger partial charge in [-0.05, 0) is 73.6 Å². The van der Waals surface area contributed by atoms with E-state index < -0.39 is 15.6 Å². The number of fused-ring (bicyclic) bond motifs is 4. The van der Waals surface area contributed by atoms with Gasteiger partial charge >= 0.3 is 66.0 Å². The Bertz CT molecular complexity index is 2750. The van der Waals surface area contributed by atoms with Crippen LogP contribution < -0.4 is 0 Å². The molecule has 0 aliphatic heterocycles. The molecule has 1 aromatic rings. The molecule has 0 nitrogen and oxygen atoms in total. The molecule has 0 N–H and O–H groups in total. The summed E-state index contributed by atoms with van der Waals surface area (Å²) >= 11 is 9.22. The average molecular weight is 1090 g/mol. The molecular formula is C50H38F12P2S5. The van der Waals surface area contributed by atoms with E-state index in [2.05, 4.69) is 183 Å². The molecule has 0 saturated carbocycles. The summed E-state index contributed by atoms with van der Waals surface area (Å²) < 4.78 is 118. The summed E-state index contributed by atoms with van der Waals surface area (Å²) in [5.41, 5.74) is 15.4. The van der Waals surface area contributed by atoms with E-state index in [0.29, 0.717) is 0 Å². The first-order valence-electron chi connectivity index (χ1n) is 20.2. The molecule has 0 amide bonds. The molecule has 362 valence electrons. The quantitative estimate of drug-likeness (QED) is 0.0579. The van der Waals surface area contributed by atoms with Crippen molar-refractivity contribution in [2.45, 2.75) is 19.6 Å². The SMILES string of the molecule is CSc1cc([C+](c2ccc([C+](c3cc(SC)c4cccccc3-4)c3cc(SC)c4cccccc3-4)s2)c2cc(SC)c3cccccc2-3)c2cccccc1-2.F[P-](F)(F)(F)(F)F.F[P-](F)(F)(F)(F)F. The molecule has 0 radical (unpaired) electrons. The predicted octanol–water partition coefficient (Wildman–Crippen LogP) is 21.9. The summed E-state index contributed by atoms with van der Waals surface area (Å²) in [6, 6.07) is 58.8. The first-order valence-corrected chi connectivity index (χ1v) is 30.0. The van der Waals surface area contributed by atoms with Crippen molar-refractivity contribution < 1.29 is 50.4 Å². The topological polar surface area (TPSA) is 0 Å². The first-order chi connectivity index (χ1) is 32.0. The fraction of sp³-hybridized carbons (Fsp3) is 0.0800. The van der Waals surface area contributed by atoms with E-state index in [-0.39, 0.29) is 0 Å². The van der Waals surface area contributed by atoms with Gasteiger partial charge in [0.05, 0.1) is 63.4 Å². The van der Waals surface area contributed by atoms with Crippen LogP contribution in [0.4, 0.5) is 50.4 Å². The normalized spacial score (nSPS) is 13.9. The van der Waals surface area contributed by atoms with Crippen molar-refractivity contribution in [2.75, 3.05) is 25.0 Å². The van der Waals surface area contributed by atoms with Crippen LogP contribution in [0, 0.1) is 11.8 Å². The second-order valence-electron chi connectivity index (χ2n) is 15.3. The molecule has 69 heavy (non-hydrogen) atoms. The van der Waals surface area contributed by atoms with Crippen LogP contribution in [-0.2, 0) is 0 Å². The number of thiophene rings is 1. The average Bonchev–Trinajstić information content (AvgIpc) is 3.89. The first kappa shape index (κ1) is 52.5. The van der Waals surface area contributed by atoms with Crippen LogP contribution in [0.5, 0.6) is 0 Å². The molecular weight excluding hydrogens is 1050 g/mol. The summed E-state index contributed by atoms with van der Waals surface area (Å²) in [7, 11) is -21.3. The molecule has 0 saturated heterocycles. The summed E-state index contributed by atoms with van der Waals surface area (Å²) in [6.07, 6.45) is 8.78. The molecule has 1 aromatic heterocycles. The summed E-state index contributed by atoms with van der Waals surface area (Å²) in [4.78, 5) is 7.74. The molecule has 1 heterocycles. The van der Waals surface area contributed by atoms with Crippen molar-refractivity contribution in [2.24, 2.45) is 0 Å². The van der Waals surface area contributed by atoms with E-state index in [9.17, 15) is 50.4 Å². The van der Waals surface area contributed by atoms with Crippen molar-refractivity contribution in [3.05, 3.63) is 202 Å². The fourth-order valence-electron chi connectivity index (χ4n) is 8.06. The molecule has 0 bridgehead atoms. The minimum absolute atomic E-state index is 1.27. The Morgan fingerprint density at radius 1 is 0.304 bits per heavy atom. The maximum atomic E-state index is 9.87. The molecule has 0 unspecified atom stereocenters. The summed E-state index contributed by atoms with van der Waals surface area (Å²) in [6.45, 7) is 0. The third kappa shape index (κ3) is 13.8. The molecule has 9 rings (SSSR count). The molecule has 0 atom stereocenters. The van der Waals surface area contributed by atoms with E-state index in [1.54, 1.807) is 0 Å². The Labute approximate surface area is 412 Å². The van der Waals surface area contributed by atoms with Gasteiger partial charge in [-0.15, -0.1) is 58.4 Å². The molecule has 0 fully saturated rings. The fourth-order valence-corrected chi connectivity index (χ4v) is 11.8. The Balaban J connectivity index is 0.000000440. The number of hydrogen-bond acceptors (Lipinski definition) is 5. The number of halogens is 12. The van der Waals surface area contributed by atoms with Crippen LogP contribution in [0.2, 0.25) is 0 Å². The van der Waals surface area contributed by atoms with Gasteiger partial charge in [-0.1, -0.05) is 72.8 Å². The Hall–Kier alpha value is -4.34. The van der Waals surface area contributed by atoms with Crippen LogP contribution >= 0.6 is 74.0 Å². The molecule has 0 aromatic carbocycles. The van der Waals surface area contributed by atoms with Crippen LogP contribution in [-0.4, -0.2) is 25.0 Å². The van der Waals surface area contributed by atoms with E-state index in [1.807, 2.05) is 58.4 Å². The second kappa shape index (κ2) is 18.4. The van der Waals surface area contributed by atoms with Gasteiger partial charge in [-0.3, -0.25) is 0 Å². The van der Waals surface area contributed by atoms with Crippen LogP contribution in [0.25, 0.3) is 44.5 Å². The number of thioether (sulfide) groups is 4. The molecule has 19 heteroatoms. The van der Waals surface area contributed by atoms with Crippen molar-refractivity contribution >= 4 is 74.0 Å². The predicted molar refractivity (Wildman–Crippen MR) is 272 cm³/mol. The summed E-state index contributed by atoms with van der Waals surface area (Å²) in [5.74, 6) is 2.58. The Morgan fingerprint density at radius 3 is 0.681 bits per heavy atom. The van der Waals surface area contributed by atoms with Crippen molar-refractivity contribution in [1.29, 1.82) is 0 Å². The van der Waals surface area contributed by atoms with Crippen LogP contribution in [0.3, 0.4) is 0 Å². The zero-order chi connectivity index (χ0) is 50.3. The zero-order valence-corrected chi connectivity index (χ0v) is 42.4. The van der Waals surface area contributed by atoms with E-state index in [1.165, 1.54) is 108 Å². The van der Waals surface area contributed by atoms with Gasteiger partial charge in [-0.25, -0.2) is 0 Å². The van der Waals surface area contributed by atoms with Crippen LogP contribution in [0.15, 0.2) is 177 Å². The van der Waals surface area contributed by atoms with E-state index in [0.717, 1.165) is 0 Å². The Kier molecular flexibility index (Phi) is 14.0. The minimum atomic E-state index is -10.7. The molecule has 8 aliphatic rings. The monoisotopic (exact) mass is 1090 g/mol. The van der Waals surface area contributed by atoms with Gasteiger partial charge in [0.15, 0.2) is 0 Å². The van der Waals surface area contributed by atoms with Crippen molar-refractivity contribution in [1.82, 2.24) is 0 Å². The van der Waals surface area contributed by atoms with Crippen LogP contribution in [0.1, 0.15) is 32.0 Å². The standard InChI is InChI=1S/C50H38S5.2F6P/c1-51-45-27-39(31-17-9-5-13-21-35(31)45)49(40-28-46(52-2)36-22-14-6-10-18-32(36)40)43-25-26-44(55-43)50(41-29-47(53-3)37-23-15-7-11-19-33(37)41)42-30-48(54-4)38-24-16-8-12-20-34(38)42;2*1-7(2,3,4,5)6/h5-30H,1-4H3;;/q+2;2*-1. The van der Waals surface area contributed by atoms with Gasteiger partial charge in [0.2, 0.25) is 0 Å². The Morgan fingerprint density at radius 2 is 0.493 bits per heavy atom. The van der Waals surface area contributed by atoms with Gasteiger partial charge in [0, 0.05) is 80.9 Å². The number of hydrogen-bond donors (Lipinski definition) is 0. The van der Waals surface area contributed by atoms with Gasteiger partial charge < -0.3 is 0 Å². The third-order valence-corrected chi connectivity index (χ3v) is 14.8. The second-order valence-corrected chi connectivity index (χ2v) is 23.6. The van der Waals surface area contributed by atoms with Gasteiger partial charge in [0.25, 0.3) is 0 Å². The van der Waals surface area contributed by atoms with E-state index in [4.69, 9.17) is 0 Å². The summed E-state index contributed by atoms with van der Waals surface area (Å²) in [5, 5.41) is 0.